The Bertz CT molecular complexity index is 567. The van der Waals surface area contributed by atoms with Gasteiger partial charge in [-0.3, -0.25) is 0 Å². The van der Waals surface area contributed by atoms with E-state index in [1.807, 2.05) is 0 Å². The second-order valence-electron chi connectivity index (χ2n) is 4.54. The number of amidine groups is 1. The number of oxime groups is 1. The highest BCUT2D eigenvalue weighted by molar-refractivity contribution is 7.89. The third-order valence-corrected chi connectivity index (χ3v) is 4.96. The molecule has 0 aliphatic carbocycles. The molecule has 19 heavy (non-hydrogen) atoms. The first kappa shape index (κ1) is 15.5. The molecule has 0 aromatic heterocycles. The summed E-state index contributed by atoms with van der Waals surface area (Å²) < 4.78 is 25.2. The van der Waals surface area contributed by atoms with Gasteiger partial charge < -0.3 is 10.9 Å². The van der Waals surface area contributed by atoms with E-state index in [9.17, 15) is 8.42 Å². The van der Waals surface area contributed by atoms with Gasteiger partial charge in [0.05, 0.1) is 5.25 Å². The quantitative estimate of drug-likeness (QED) is 0.364. The maximum absolute atomic E-state index is 11.9. The molecule has 0 radical (unpaired) electrons. The van der Waals surface area contributed by atoms with E-state index in [1.165, 1.54) is 11.4 Å². The van der Waals surface area contributed by atoms with Gasteiger partial charge in [0.25, 0.3) is 0 Å². The molecule has 3 N–H and O–H groups in total. The van der Waals surface area contributed by atoms with Crippen molar-refractivity contribution < 1.29 is 13.6 Å². The molecule has 0 fully saturated rings. The first-order valence-corrected chi connectivity index (χ1v) is 7.31. The first-order valence-electron chi connectivity index (χ1n) is 5.81. The van der Waals surface area contributed by atoms with Crippen LogP contribution in [0.3, 0.4) is 0 Å². The molecule has 0 aliphatic rings. The molecule has 0 unspecified atom stereocenters. The van der Waals surface area contributed by atoms with Crippen molar-refractivity contribution in [3.8, 4) is 0 Å². The number of hydrogen-bond acceptors (Lipinski definition) is 4. The summed E-state index contributed by atoms with van der Waals surface area (Å²) in [5.74, 6) is -0.00350. The lowest BCUT2D eigenvalue weighted by molar-refractivity contribution is 0.318. The maximum atomic E-state index is 11.9. The van der Waals surface area contributed by atoms with Gasteiger partial charge in [-0.25, -0.2) is 12.7 Å². The van der Waals surface area contributed by atoms with Crippen LogP contribution >= 0.6 is 0 Å². The van der Waals surface area contributed by atoms with Crippen LogP contribution in [0.4, 0.5) is 0 Å². The van der Waals surface area contributed by atoms with Crippen LogP contribution in [0.1, 0.15) is 25.0 Å². The molecule has 0 bridgehead atoms. The SMILES string of the molecule is CC(C)S(=O)(=O)N(C)Cc1cccc(C(N)=NO)c1. The van der Waals surface area contributed by atoms with Crippen molar-refractivity contribution in [1.82, 2.24) is 4.31 Å². The summed E-state index contributed by atoms with van der Waals surface area (Å²) in [4.78, 5) is 0. The summed E-state index contributed by atoms with van der Waals surface area (Å²) in [6.07, 6.45) is 0. The third kappa shape index (κ3) is 3.68. The molecule has 0 aliphatic heterocycles. The Morgan fingerprint density at radius 2 is 2.11 bits per heavy atom. The molecule has 0 atom stereocenters. The Morgan fingerprint density at radius 3 is 2.63 bits per heavy atom. The lowest BCUT2D eigenvalue weighted by Crippen LogP contribution is -2.32. The minimum atomic E-state index is -3.29. The number of sulfonamides is 1. The van der Waals surface area contributed by atoms with E-state index in [4.69, 9.17) is 10.9 Å². The van der Waals surface area contributed by atoms with E-state index in [-0.39, 0.29) is 12.4 Å². The van der Waals surface area contributed by atoms with E-state index in [1.54, 1.807) is 38.1 Å². The van der Waals surface area contributed by atoms with Crippen LogP contribution in [-0.4, -0.2) is 36.1 Å². The van der Waals surface area contributed by atoms with Gasteiger partial charge in [0, 0.05) is 19.2 Å². The van der Waals surface area contributed by atoms with Crippen LogP contribution in [0.25, 0.3) is 0 Å². The van der Waals surface area contributed by atoms with Crippen LogP contribution in [0.15, 0.2) is 29.4 Å². The molecule has 6 nitrogen and oxygen atoms in total. The van der Waals surface area contributed by atoms with Gasteiger partial charge in [0.15, 0.2) is 5.84 Å². The topological polar surface area (TPSA) is 96.0 Å². The van der Waals surface area contributed by atoms with Crippen molar-refractivity contribution in [2.24, 2.45) is 10.9 Å². The molecule has 1 rings (SSSR count). The van der Waals surface area contributed by atoms with E-state index >= 15 is 0 Å². The molecule has 0 spiro atoms. The highest BCUT2D eigenvalue weighted by atomic mass is 32.2. The molecular formula is C12H19N3O3S. The van der Waals surface area contributed by atoms with E-state index in [0.717, 1.165) is 5.56 Å². The van der Waals surface area contributed by atoms with Crippen molar-refractivity contribution in [1.29, 1.82) is 0 Å². The molecule has 0 amide bonds. The van der Waals surface area contributed by atoms with E-state index < -0.39 is 15.3 Å². The highest BCUT2D eigenvalue weighted by Gasteiger charge is 2.22. The average molecular weight is 285 g/mol. The summed E-state index contributed by atoms with van der Waals surface area (Å²) in [5, 5.41) is 11.1. The zero-order valence-corrected chi connectivity index (χ0v) is 12.1. The molecule has 0 saturated carbocycles. The monoisotopic (exact) mass is 285 g/mol. The van der Waals surface area contributed by atoms with Crippen LogP contribution in [-0.2, 0) is 16.6 Å². The van der Waals surface area contributed by atoms with E-state index in [2.05, 4.69) is 5.16 Å². The van der Waals surface area contributed by atoms with Gasteiger partial charge in [-0.15, -0.1) is 0 Å². The zero-order valence-electron chi connectivity index (χ0n) is 11.2. The fourth-order valence-electron chi connectivity index (χ4n) is 1.59. The molecule has 0 heterocycles. The standard InChI is InChI=1S/C12H19N3O3S/c1-9(2)19(17,18)15(3)8-10-5-4-6-11(7-10)12(13)14-16/h4-7,9,16H,8H2,1-3H3,(H2,13,14). The van der Waals surface area contributed by atoms with Crippen molar-refractivity contribution in [3.05, 3.63) is 35.4 Å². The van der Waals surface area contributed by atoms with Crippen molar-refractivity contribution in [3.63, 3.8) is 0 Å². The summed E-state index contributed by atoms with van der Waals surface area (Å²) in [6.45, 7) is 3.52. The number of nitrogens with zero attached hydrogens (tertiary/aromatic N) is 2. The number of hydrogen-bond donors (Lipinski definition) is 2. The minimum absolute atomic E-state index is 0.00350. The van der Waals surface area contributed by atoms with Crippen molar-refractivity contribution in [2.45, 2.75) is 25.6 Å². The summed E-state index contributed by atoms with van der Waals surface area (Å²) in [6, 6.07) is 6.91. The smallest absolute Gasteiger partial charge is 0.216 e. The predicted molar refractivity (Wildman–Crippen MR) is 74.5 cm³/mol. The normalized spacial score (nSPS) is 13.2. The minimum Gasteiger partial charge on any atom is -0.409 e. The van der Waals surface area contributed by atoms with Gasteiger partial charge in [-0.1, -0.05) is 23.4 Å². The van der Waals surface area contributed by atoms with Crippen molar-refractivity contribution in [2.75, 3.05) is 7.05 Å². The Kier molecular flexibility index (Phi) is 4.90. The lowest BCUT2D eigenvalue weighted by Gasteiger charge is -2.19. The lowest BCUT2D eigenvalue weighted by atomic mass is 10.1. The Balaban J connectivity index is 2.95. The van der Waals surface area contributed by atoms with Gasteiger partial charge in [-0.2, -0.15) is 0 Å². The number of rotatable bonds is 5. The van der Waals surface area contributed by atoms with Crippen LogP contribution in [0.2, 0.25) is 0 Å². The van der Waals surface area contributed by atoms with Crippen LogP contribution in [0, 0.1) is 0 Å². The fraction of sp³-hybridized carbons (Fsp3) is 0.417. The Labute approximate surface area is 113 Å². The second kappa shape index (κ2) is 6.03. The average Bonchev–Trinajstić information content (AvgIpc) is 2.37. The van der Waals surface area contributed by atoms with Gasteiger partial charge in [0.2, 0.25) is 10.0 Å². The number of benzene rings is 1. The second-order valence-corrected chi connectivity index (χ2v) is 7.13. The molecule has 0 saturated heterocycles. The molecule has 1 aromatic carbocycles. The van der Waals surface area contributed by atoms with Crippen LogP contribution < -0.4 is 5.73 Å². The third-order valence-electron chi connectivity index (χ3n) is 2.77. The largest absolute Gasteiger partial charge is 0.409 e. The highest BCUT2D eigenvalue weighted by Crippen LogP contribution is 2.13. The van der Waals surface area contributed by atoms with Crippen LogP contribution in [0.5, 0.6) is 0 Å². The van der Waals surface area contributed by atoms with E-state index in [0.29, 0.717) is 5.56 Å². The predicted octanol–water partition coefficient (Wildman–Crippen LogP) is 0.951. The number of nitrogens with two attached hydrogens (primary N) is 1. The van der Waals surface area contributed by atoms with Gasteiger partial charge in [-0.05, 0) is 25.5 Å². The van der Waals surface area contributed by atoms with Gasteiger partial charge in [0.1, 0.15) is 0 Å². The first-order chi connectivity index (χ1) is 8.78. The summed E-state index contributed by atoms with van der Waals surface area (Å²) in [5.41, 5.74) is 6.82. The zero-order chi connectivity index (χ0) is 14.6. The molecule has 1 aromatic rings. The fourth-order valence-corrected chi connectivity index (χ4v) is 2.64. The summed E-state index contributed by atoms with van der Waals surface area (Å²) >= 11 is 0. The molecule has 7 heteroatoms. The Morgan fingerprint density at radius 1 is 1.47 bits per heavy atom. The summed E-state index contributed by atoms with van der Waals surface area (Å²) in [7, 11) is -1.76. The Hall–Kier alpha value is -1.60. The molecular weight excluding hydrogens is 266 g/mol. The van der Waals surface area contributed by atoms with Gasteiger partial charge >= 0.3 is 0 Å². The van der Waals surface area contributed by atoms with Crippen molar-refractivity contribution >= 4 is 15.9 Å². The maximum Gasteiger partial charge on any atom is 0.216 e. The molecule has 106 valence electrons.